The van der Waals surface area contributed by atoms with Crippen molar-refractivity contribution >= 4 is 34.8 Å². The van der Waals surface area contributed by atoms with Crippen molar-refractivity contribution in [3.63, 3.8) is 0 Å². The van der Waals surface area contributed by atoms with Crippen LogP contribution in [0.1, 0.15) is 13.8 Å². The molecule has 2 amide bonds. The first-order valence-electron chi connectivity index (χ1n) is 8.72. The van der Waals surface area contributed by atoms with Crippen molar-refractivity contribution in [1.82, 2.24) is 5.32 Å². The largest absolute Gasteiger partial charge is 0.478 e. The lowest BCUT2D eigenvalue weighted by molar-refractivity contribution is -0.128. The molecule has 2 aromatic rings. The summed E-state index contributed by atoms with van der Waals surface area (Å²) in [4.78, 5) is 26.5. The van der Waals surface area contributed by atoms with Gasteiger partial charge in [0.05, 0.1) is 17.9 Å². The van der Waals surface area contributed by atoms with Gasteiger partial charge in [-0.3, -0.25) is 9.59 Å². The van der Waals surface area contributed by atoms with Crippen LogP contribution in [0.25, 0.3) is 0 Å². The van der Waals surface area contributed by atoms with Crippen LogP contribution in [0.15, 0.2) is 48.5 Å². The molecule has 2 N–H and O–H groups in total. The Hall–Kier alpha value is -2.73. The van der Waals surface area contributed by atoms with Gasteiger partial charge in [0.2, 0.25) is 5.91 Å². The van der Waals surface area contributed by atoms with E-state index in [-0.39, 0.29) is 18.4 Å². The van der Waals surface area contributed by atoms with Gasteiger partial charge in [-0.05, 0) is 50.2 Å². The lowest BCUT2D eigenvalue weighted by atomic mass is 10.1. The monoisotopic (exact) mass is 387 g/mol. The van der Waals surface area contributed by atoms with E-state index in [2.05, 4.69) is 10.6 Å². The van der Waals surface area contributed by atoms with Crippen molar-refractivity contribution < 1.29 is 14.3 Å². The summed E-state index contributed by atoms with van der Waals surface area (Å²) in [6.45, 7) is 4.93. The van der Waals surface area contributed by atoms with Crippen LogP contribution in [-0.4, -0.2) is 37.0 Å². The van der Waals surface area contributed by atoms with E-state index in [9.17, 15) is 9.59 Å². The average Bonchev–Trinajstić information content (AvgIpc) is 2.64. The summed E-state index contributed by atoms with van der Waals surface area (Å²) in [6, 6.07) is 14.3. The van der Waals surface area contributed by atoms with Gasteiger partial charge in [-0.25, -0.2) is 0 Å². The molecular weight excluding hydrogens is 366 g/mol. The molecule has 0 radical (unpaired) electrons. The van der Waals surface area contributed by atoms with Crippen LogP contribution in [-0.2, 0) is 9.59 Å². The van der Waals surface area contributed by atoms with Gasteiger partial charge in [0.25, 0.3) is 5.91 Å². The highest BCUT2D eigenvalue weighted by Gasteiger charge is 2.31. The predicted molar refractivity (Wildman–Crippen MR) is 106 cm³/mol. The number of amides is 2. The number of benzene rings is 2. The molecular formula is C20H22ClN3O3. The number of halogens is 1. The minimum absolute atomic E-state index is 0.0335. The van der Waals surface area contributed by atoms with E-state index in [4.69, 9.17) is 16.3 Å². The third-order valence-electron chi connectivity index (χ3n) is 4.26. The van der Waals surface area contributed by atoms with Crippen molar-refractivity contribution in [3.8, 4) is 5.75 Å². The Kier molecular flexibility index (Phi) is 5.56. The molecule has 0 aliphatic carbocycles. The lowest BCUT2D eigenvalue weighted by Crippen LogP contribution is -2.48. The third kappa shape index (κ3) is 4.71. The Bertz CT molecular complexity index is 837. The van der Waals surface area contributed by atoms with E-state index in [0.717, 1.165) is 5.69 Å². The van der Waals surface area contributed by atoms with Crippen LogP contribution >= 0.6 is 11.6 Å². The number of ether oxygens (including phenoxy) is 1. The number of anilines is 2. The third-order valence-corrected chi connectivity index (χ3v) is 4.52. The highest BCUT2D eigenvalue weighted by Crippen LogP contribution is 2.28. The SMILES string of the molecule is CC(C)(Oc1ccc(Cl)cc1)C(=O)Nc1ccccc1N1CCNC(=O)C1. The lowest BCUT2D eigenvalue weighted by Gasteiger charge is -2.31. The fourth-order valence-electron chi connectivity index (χ4n) is 2.82. The van der Waals surface area contributed by atoms with E-state index < -0.39 is 5.60 Å². The predicted octanol–water partition coefficient (Wildman–Crippen LogP) is 3.07. The molecule has 1 saturated heterocycles. The zero-order valence-electron chi connectivity index (χ0n) is 15.3. The van der Waals surface area contributed by atoms with Crippen molar-refractivity contribution in [1.29, 1.82) is 0 Å². The number of nitrogens with one attached hydrogen (secondary N) is 2. The Labute approximate surface area is 163 Å². The highest BCUT2D eigenvalue weighted by molar-refractivity contribution is 6.30. The summed E-state index contributed by atoms with van der Waals surface area (Å²) < 4.78 is 5.84. The van der Waals surface area contributed by atoms with E-state index in [1.807, 2.05) is 29.2 Å². The molecule has 27 heavy (non-hydrogen) atoms. The van der Waals surface area contributed by atoms with Crippen molar-refractivity contribution in [2.24, 2.45) is 0 Å². The summed E-state index contributed by atoms with van der Waals surface area (Å²) in [5.41, 5.74) is 0.355. The van der Waals surface area contributed by atoms with Gasteiger partial charge >= 0.3 is 0 Å². The number of carbonyl (C=O) groups excluding carboxylic acids is 2. The smallest absolute Gasteiger partial charge is 0.268 e. The van der Waals surface area contributed by atoms with Gasteiger partial charge in [-0.2, -0.15) is 0 Å². The quantitative estimate of drug-likeness (QED) is 0.827. The maximum absolute atomic E-state index is 12.8. The number of hydrogen-bond donors (Lipinski definition) is 2. The minimum atomic E-state index is -1.10. The zero-order valence-corrected chi connectivity index (χ0v) is 16.0. The molecule has 1 aliphatic heterocycles. The van der Waals surface area contributed by atoms with Crippen LogP contribution < -0.4 is 20.3 Å². The first-order chi connectivity index (χ1) is 12.8. The molecule has 1 fully saturated rings. The number of carbonyl (C=O) groups is 2. The number of nitrogens with zero attached hydrogens (tertiary/aromatic N) is 1. The van der Waals surface area contributed by atoms with E-state index in [0.29, 0.717) is 29.5 Å². The number of rotatable bonds is 5. The number of para-hydroxylation sites is 2. The molecule has 7 heteroatoms. The second-order valence-corrected chi connectivity index (χ2v) is 7.25. The first-order valence-corrected chi connectivity index (χ1v) is 9.10. The van der Waals surface area contributed by atoms with Crippen molar-refractivity contribution in [2.45, 2.75) is 19.4 Å². The Morgan fingerprint density at radius 3 is 2.59 bits per heavy atom. The highest BCUT2D eigenvalue weighted by atomic mass is 35.5. The Balaban J connectivity index is 1.75. The summed E-state index contributed by atoms with van der Waals surface area (Å²) in [6.07, 6.45) is 0. The van der Waals surface area contributed by atoms with Crippen LogP contribution in [0.4, 0.5) is 11.4 Å². The molecule has 0 spiro atoms. The first kappa shape index (κ1) is 19.0. The fraction of sp³-hybridized carbons (Fsp3) is 0.300. The molecule has 0 saturated carbocycles. The second-order valence-electron chi connectivity index (χ2n) is 6.81. The standard InChI is InChI=1S/C20H22ClN3O3/c1-20(2,27-15-9-7-14(21)8-10-15)19(26)23-16-5-3-4-6-17(16)24-12-11-22-18(25)13-24/h3-10H,11-13H2,1-2H3,(H,22,25)(H,23,26). The van der Waals surface area contributed by atoms with Gasteiger partial charge < -0.3 is 20.3 Å². The topological polar surface area (TPSA) is 70.7 Å². The Morgan fingerprint density at radius 2 is 1.89 bits per heavy atom. The van der Waals surface area contributed by atoms with Crippen LogP contribution in [0, 0.1) is 0 Å². The zero-order chi connectivity index (χ0) is 19.4. The molecule has 1 heterocycles. The molecule has 0 atom stereocenters. The van der Waals surface area contributed by atoms with E-state index >= 15 is 0 Å². The molecule has 2 aromatic carbocycles. The summed E-state index contributed by atoms with van der Waals surface area (Å²) >= 11 is 5.89. The van der Waals surface area contributed by atoms with Gasteiger partial charge in [0.1, 0.15) is 5.75 Å². The van der Waals surface area contributed by atoms with E-state index in [1.54, 1.807) is 38.1 Å². The molecule has 0 unspecified atom stereocenters. The maximum Gasteiger partial charge on any atom is 0.268 e. The van der Waals surface area contributed by atoms with E-state index in [1.165, 1.54) is 0 Å². The van der Waals surface area contributed by atoms with Crippen molar-refractivity contribution in [3.05, 3.63) is 53.6 Å². The van der Waals surface area contributed by atoms with Crippen LogP contribution in [0.5, 0.6) is 5.75 Å². The minimum Gasteiger partial charge on any atom is -0.478 e. The molecule has 0 aromatic heterocycles. The van der Waals surface area contributed by atoms with Gasteiger partial charge in [0, 0.05) is 18.1 Å². The Morgan fingerprint density at radius 1 is 1.19 bits per heavy atom. The van der Waals surface area contributed by atoms with Gasteiger partial charge in [-0.15, -0.1) is 0 Å². The summed E-state index contributed by atoms with van der Waals surface area (Å²) in [5, 5.41) is 6.33. The van der Waals surface area contributed by atoms with Crippen LogP contribution in [0.2, 0.25) is 5.02 Å². The molecule has 1 aliphatic rings. The van der Waals surface area contributed by atoms with Gasteiger partial charge in [-0.1, -0.05) is 23.7 Å². The van der Waals surface area contributed by atoms with Crippen LogP contribution in [0.3, 0.4) is 0 Å². The second kappa shape index (κ2) is 7.88. The summed E-state index contributed by atoms with van der Waals surface area (Å²) in [5.74, 6) is 0.237. The number of hydrogen-bond acceptors (Lipinski definition) is 4. The molecule has 0 bridgehead atoms. The van der Waals surface area contributed by atoms with Crippen molar-refractivity contribution in [2.75, 3.05) is 29.9 Å². The van der Waals surface area contributed by atoms with Gasteiger partial charge in [0.15, 0.2) is 5.60 Å². The maximum atomic E-state index is 12.8. The molecule has 3 rings (SSSR count). The normalized spacial score (nSPS) is 14.5. The average molecular weight is 388 g/mol. The fourth-order valence-corrected chi connectivity index (χ4v) is 2.94. The summed E-state index contributed by atoms with van der Waals surface area (Å²) in [7, 11) is 0. The number of piperazine rings is 1. The molecule has 6 nitrogen and oxygen atoms in total. The molecule has 142 valence electrons.